The second-order valence-corrected chi connectivity index (χ2v) is 4.77. The Kier molecular flexibility index (Phi) is 6.25. The Hall–Kier alpha value is -0.970. The van der Waals surface area contributed by atoms with Crippen molar-refractivity contribution in [1.82, 2.24) is 5.43 Å². The van der Waals surface area contributed by atoms with E-state index in [0.29, 0.717) is 12.5 Å². The summed E-state index contributed by atoms with van der Waals surface area (Å²) >= 11 is 0. The van der Waals surface area contributed by atoms with Crippen LogP contribution >= 0.6 is 0 Å². The first kappa shape index (κ1) is 15.1. The van der Waals surface area contributed by atoms with Crippen LogP contribution in [0.15, 0.2) is 24.3 Å². The standard InChI is InChI=1S/C14H23FN2O/c1-4-18-14(10(2)3)13(17-16)9-11-5-7-12(15)8-6-11/h5-8,10,13-14,17H,4,9,16H2,1-3H3. The van der Waals surface area contributed by atoms with Crippen molar-refractivity contribution in [2.75, 3.05) is 6.61 Å². The second kappa shape index (κ2) is 7.46. The van der Waals surface area contributed by atoms with E-state index in [1.807, 2.05) is 6.92 Å². The molecule has 0 aliphatic heterocycles. The van der Waals surface area contributed by atoms with Gasteiger partial charge in [0.05, 0.1) is 12.1 Å². The lowest BCUT2D eigenvalue weighted by Crippen LogP contribution is -2.48. The molecule has 1 aromatic carbocycles. The molecular formula is C14H23FN2O. The van der Waals surface area contributed by atoms with Gasteiger partial charge in [0.2, 0.25) is 0 Å². The normalized spacial score (nSPS) is 14.8. The van der Waals surface area contributed by atoms with Crippen molar-refractivity contribution >= 4 is 0 Å². The van der Waals surface area contributed by atoms with Crippen LogP contribution in [0.25, 0.3) is 0 Å². The summed E-state index contributed by atoms with van der Waals surface area (Å²) in [6.07, 6.45) is 0.768. The molecule has 2 atom stereocenters. The van der Waals surface area contributed by atoms with Crippen molar-refractivity contribution in [1.29, 1.82) is 0 Å². The van der Waals surface area contributed by atoms with Crippen molar-refractivity contribution in [3.05, 3.63) is 35.6 Å². The van der Waals surface area contributed by atoms with E-state index >= 15 is 0 Å². The lowest BCUT2D eigenvalue weighted by molar-refractivity contribution is 0.00355. The highest BCUT2D eigenvalue weighted by atomic mass is 19.1. The second-order valence-electron chi connectivity index (χ2n) is 4.77. The van der Waals surface area contributed by atoms with E-state index in [4.69, 9.17) is 10.6 Å². The molecule has 0 radical (unpaired) electrons. The highest BCUT2D eigenvalue weighted by Crippen LogP contribution is 2.15. The van der Waals surface area contributed by atoms with E-state index in [1.165, 1.54) is 12.1 Å². The van der Waals surface area contributed by atoms with E-state index in [1.54, 1.807) is 12.1 Å². The highest BCUT2D eigenvalue weighted by Gasteiger charge is 2.24. The third-order valence-electron chi connectivity index (χ3n) is 3.00. The van der Waals surface area contributed by atoms with Gasteiger partial charge in [-0.2, -0.15) is 0 Å². The van der Waals surface area contributed by atoms with E-state index < -0.39 is 0 Å². The Morgan fingerprint density at radius 3 is 2.33 bits per heavy atom. The Morgan fingerprint density at radius 2 is 1.89 bits per heavy atom. The van der Waals surface area contributed by atoms with Gasteiger partial charge in [0.15, 0.2) is 0 Å². The SMILES string of the molecule is CCOC(C(C)C)C(Cc1ccc(F)cc1)NN. The molecule has 0 aliphatic rings. The number of hydrogen-bond acceptors (Lipinski definition) is 3. The van der Waals surface area contributed by atoms with Crippen molar-refractivity contribution in [2.24, 2.45) is 11.8 Å². The molecule has 0 heterocycles. The predicted molar refractivity (Wildman–Crippen MR) is 71.5 cm³/mol. The van der Waals surface area contributed by atoms with Crippen LogP contribution in [0.4, 0.5) is 4.39 Å². The third-order valence-corrected chi connectivity index (χ3v) is 3.00. The van der Waals surface area contributed by atoms with Gasteiger partial charge in [-0.1, -0.05) is 26.0 Å². The van der Waals surface area contributed by atoms with Crippen LogP contribution in [-0.2, 0) is 11.2 Å². The zero-order chi connectivity index (χ0) is 13.5. The Bertz CT molecular complexity index is 340. The van der Waals surface area contributed by atoms with Gasteiger partial charge in [-0.3, -0.25) is 11.3 Å². The average molecular weight is 254 g/mol. The molecule has 0 amide bonds. The van der Waals surface area contributed by atoms with Crippen molar-refractivity contribution in [3.8, 4) is 0 Å². The highest BCUT2D eigenvalue weighted by molar-refractivity contribution is 5.17. The first-order chi connectivity index (χ1) is 8.58. The largest absolute Gasteiger partial charge is 0.377 e. The van der Waals surface area contributed by atoms with Crippen LogP contribution in [0.2, 0.25) is 0 Å². The maximum Gasteiger partial charge on any atom is 0.123 e. The minimum atomic E-state index is -0.221. The topological polar surface area (TPSA) is 47.3 Å². The van der Waals surface area contributed by atoms with Gasteiger partial charge in [0.25, 0.3) is 0 Å². The summed E-state index contributed by atoms with van der Waals surface area (Å²) in [5.41, 5.74) is 3.86. The van der Waals surface area contributed by atoms with Crippen LogP contribution in [0.3, 0.4) is 0 Å². The number of nitrogens with two attached hydrogens (primary N) is 1. The zero-order valence-electron chi connectivity index (χ0n) is 11.3. The van der Waals surface area contributed by atoms with E-state index in [2.05, 4.69) is 19.3 Å². The number of halogens is 1. The molecule has 1 rings (SSSR count). The fourth-order valence-corrected chi connectivity index (χ4v) is 2.11. The molecule has 0 spiro atoms. The Balaban J connectivity index is 2.72. The van der Waals surface area contributed by atoms with Crippen LogP contribution in [-0.4, -0.2) is 18.8 Å². The fraction of sp³-hybridized carbons (Fsp3) is 0.571. The van der Waals surface area contributed by atoms with E-state index in [9.17, 15) is 4.39 Å². The summed E-state index contributed by atoms with van der Waals surface area (Å²) in [6, 6.07) is 6.52. The summed E-state index contributed by atoms with van der Waals surface area (Å²) in [5.74, 6) is 5.76. The van der Waals surface area contributed by atoms with Gasteiger partial charge >= 0.3 is 0 Å². The van der Waals surface area contributed by atoms with Gasteiger partial charge in [-0.25, -0.2) is 4.39 Å². The monoisotopic (exact) mass is 254 g/mol. The maximum absolute atomic E-state index is 12.8. The number of benzene rings is 1. The first-order valence-electron chi connectivity index (χ1n) is 6.40. The van der Waals surface area contributed by atoms with Gasteiger partial charge in [0.1, 0.15) is 5.82 Å². The lowest BCUT2D eigenvalue weighted by atomic mass is 9.94. The predicted octanol–water partition coefficient (Wildman–Crippen LogP) is 2.26. The minimum absolute atomic E-state index is 0.0235. The quantitative estimate of drug-likeness (QED) is 0.579. The Morgan fingerprint density at radius 1 is 1.28 bits per heavy atom. The number of hydrogen-bond donors (Lipinski definition) is 2. The van der Waals surface area contributed by atoms with Crippen LogP contribution < -0.4 is 11.3 Å². The fourth-order valence-electron chi connectivity index (χ4n) is 2.11. The summed E-state index contributed by atoms with van der Waals surface area (Å²) in [7, 11) is 0. The molecule has 0 aliphatic carbocycles. The lowest BCUT2D eigenvalue weighted by Gasteiger charge is -2.29. The molecule has 3 nitrogen and oxygen atoms in total. The first-order valence-corrected chi connectivity index (χ1v) is 6.40. The molecule has 3 N–H and O–H groups in total. The smallest absolute Gasteiger partial charge is 0.123 e. The summed E-state index contributed by atoms with van der Waals surface area (Å²) in [4.78, 5) is 0. The summed E-state index contributed by atoms with van der Waals surface area (Å²) in [5, 5.41) is 0. The molecular weight excluding hydrogens is 231 g/mol. The molecule has 4 heteroatoms. The van der Waals surface area contributed by atoms with Gasteiger partial charge < -0.3 is 4.74 Å². The van der Waals surface area contributed by atoms with Crippen molar-refractivity contribution in [3.63, 3.8) is 0 Å². The van der Waals surface area contributed by atoms with E-state index in [0.717, 1.165) is 12.0 Å². The van der Waals surface area contributed by atoms with Gasteiger partial charge in [-0.15, -0.1) is 0 Å². The minimum Gasteiger partial charge on any atom is -0.377 e. The molecule has 0 aromatic heterocycles. The third kappa shape index (κ3) is 4.37. The molecule has 0 bridgehead atoms. The van der Waals surface area contributed by atoms with Crippen LogP contribution in [0.5, 0.6) is 0 Å². The molecule has 0 saturated heterocycles. The van der Waals surface area contributed by atoms with E-state index in [-0.39, 0.29) is 18.0 Å². The average Bonchev–Trinajstić information content (AvgIpc) is 2.35. The summed E-state index contributed by atoms with van der Waals surface area (Å²) in [6.45, 7) is 6.84. The van der Waals surface area contributed by atoms with Gasteiger partial charge in [0, 0.05) is 6.61 Å². The Labute approximate surface area is 108 Å². The molecule has 2 unspecified atom stereocenters. The van der Waals surface area contributed by atoms with Gasteiger partial charge in [-0.05, 0) is 37.0 Å². The number of ether oxygens (including phenoxy) is 1. The number of hydrazine groups is 1. The van der Waals surface area contributed by atoms with Crippen LogP contribution in [0, 0.1) is 11.7 Å². The molecule has 0 fully saturated rings. The van der Waals surface area contributed by atoms with Crippen LogP contribution in [0.1, 0.15) is 26.3 Å². The molecule has 0 saturated carbocycles. The summed E-state index contributed by atoms with van der Waals surface area (Å²) < 4.78 is 18.6. The zero-order valence-corrected chi connectivity index (χ0v) is 11.3. The maximum atomic E-state index is 12.8. The number of nitrogens with one attached hydrogen (secondary N) is 1. The number of rotatable bonds is 7. The molecule has 18 heavy (non-hydrogen) atoms. The molecule has 102 valence electrons. The van der Waals surface area contributed by atoms with Crippen molar-refractivity contribution < 1.29 is 9.13 Å². The van der Waals surface area contributed by atoms with Crippen molar-refractivity contribution in [2.45, 2.75) is 39.3 Å². The molecule has 1 aromatic rings.